The fourth-order valence-electron chi connectivity index (χ4n) is 1.45. The van der Waals surface area contributed by atoms with E-state index in [4.69, 9.17) is 5.73 Å². The van der Waals surface area contributed by atoms with Gasteiger partial charge in [-0.25, -0.2) is 9.97 Å². The van der Waals surface area contributed by atoms with Crippen LogP contribution in [0.25, 0.3) is 10.2 Å². The van der Waals surface area contributed by atoms with Crippen molar-refractivity contribution in [3.63, 3.8) is 0 Å². The number of fused-ring (bicyclic) bond motifs is 1. The predicted octanol–water partition coefficient (Wildman–Crippen LogP) is 1.93. The van der Waals surface area contributed by atoms with E-state index < -0.39 is 0 Å². The smallest absolute Gasteiger partial charge is 0.138 e. The molecule has 0 aromatic carbocycles. The number of nitrogens with one attached hydrogen (secondary N) is 1. The van der Waals surface area contributed by atoms with Gasteiger partial charge in [-0.15, -0.1) is 11.3 Å². The van der Waals surface area contributed by atoms with Crippen molar-refractivity contribution >= 4 is 27.4 Å². The molecule has 0 saturated carbocycles. The number of hydrogen-bond acceptors (Lipinski definition) is 5. The topological polar surface area (TPSA) is 63.8 Å². The third-order valence-electron chi connectivity index (χ3n) is 2.14. The summed E-state index contributed by atoms with van der Waals surface area (Å²) in [5, 5.41) is 4.34. The third-order valence-corrected chi connectivity index (χ3v) is 3.10. The first-order valence-corrected chi connectivity index (χ1v) is 5.93. The molecule has 0 fully saturated rings. The van der Waals surface area contributed by atoms with Crippen LogP contribution in [0.1, 0.15) is 4.88 Å². The van der Waals surface area contributed by atoms with Crippen LogP contribution in [-0.4, -0.2) is 23.1 Å². The van der Waals surface area contributed by atoms with E-state index in [9.17, 15) is 0 Å². The Kier molecular flexibility index (Phi) is 3.48. The molecule has 0 bridgehead atoms. The average molecular weight is 234 g/mol. The van der Waals surface area contributed by atoms with Crippen molar-refractivity contribution in [2.24, 2.45) is 5.73 Å². The standard InChI is InChI=1S/C11H14N4S/c1-8-6-9-10(13-5-3-2-4-12)14-7-15-11(9)16-8/h2-3,6-7H,4-5,12H2,1H3,(H,13,14,15)/b3-2+. The van der Waals surface area contributed by atoms with Gasteiger partial charge in [-0.3, -0.25) is 0 Å². The normalized spacial score (nSPS) is 11.4. The lowest BCUT2D eigenvalue weighted by molar-refractivity contribution is 1.18. The monoisotopic (exact) mass is 234 g/mol. The van der Waals surface area contributed by atoms with E-state index in [1.807, 2.05) is 12.2 Å². The van der Waals surface area contributed by atoms with E-state index in [-0.39, 0.29) is 0 Å². The summed E-state index contributed by atoms with van der Waals surface area (Å²) in [5.74, 6) is 0.885. The summed E-state index contributed by atoms with van der Waals surface area (Å²) in [4.78, 5) is 10.7. The predicted molar refractivity (Wildman–Crippen MR) is 68.8 cm³/mol. The highest BCUT2D eigenvalue weighted by Crippen LogP contribution is 2.27. The minimum atomic E-state index is 0.568. The molecule has 2 rings (SSSR count). The average Bonchev–Trinajstić information content (AvgIpc) is 2.65. The molecule has 2 aromatic rings. The van der Waals surface area contributed by atoms with E-state index in [1.165, 1.54) is 4.88 Å². The van der Waals surface area contributed by atoms with Crippen LogP contribution in [0.15, 0.2) is 24.5 Å². The number of rotatable bonds is 4. The van der Waals surface area contributed by atoms with Gasteiger partial charge in [0.2, 0.25) is 0 Å². The molecule has 5 heteroatoms. The van der Waals surface area contributed by atoms with E-state index in [2.05, 4.69) is 28.3 Å². The second kappa shape index (κ2) is 5.05. The van der Waals surface area contributed by atoms with Crippen molar-refractivity contribution in [3.8, 4) is 0 Å². The van der Waals surface area contributed by atoms with Gasteiger partial charge in [-0.2, -0.15) is 0 Å². The van der Waals surface area contributed by atoms with Gasteiger partial charge >= 0.3 is 0 Å². The molecule has 3 N–H and O–H groups in total. The summed E-state index contributed by atoms with van der Waals surface area (Å²) in [6.07, 6.45) is 5.50. The molecule has 0 radical (unpaired) electrons. The maximum absolute atomic E-state index is 5.36. The van der Waals surface area contributed by atoms with Crippen molar-refractivity contribution in [2.75, 3.05) is 18.4 Å². The largest absolute Gasteiger partial charge is 0.366 e. The first kappa shape index (κ1) is 11.0. The molecule has 0 aliphatic carbocycles. The van der Waals surface area contributed by atoms with Gasteiger partial charge in [0.05, 0.1) is 5.39 Å². The van der Waals surface area contributed by atoms with Crippen LogP contribution in [0.4, 0.5) is 5.82 Å². The molecule has 84 valence electrons. The Morgan fingerprint density at radius 2 is 2.31 bits per heavy atom. The molecule has 16 heavy (non-hydrogen) atoms. The maximum Gasteiger partial charge on any atom is 0.138 e. The van der Waals surface area contributed by atoms with Crippen molar-refractivity contribution in [3.05, 3.63) is 29.4 Å². The van der Waals surface area contributed by atoms with Gasteiger partial charge in [-0.05, 0) is 13.0 Å². The minimum Gasteiger partial charge on any atom is -0.366 e. The van der Waals surface area contributed by atoms with Gasteiger partial charge in [0.25, 0.3) is 0 Å². The molecule has 2 heterocycles. The SMILES string of the molecule is Cc1cc2c(NC/C=C/CN)ncnc2s1. The Bertz CT molecular complexity index is 504. The maximum atomic E-state index is 5.36. The first-order valence-electron chi connectivity index (χ1n) is 5.11. The van der Waals surface area contributed by atoms with E-state index >= 15 is 0 Å². The molecule has 0 saturated heterocycles. The van der Waals surface area contributed by atoms with Gasteiger partial charge < -0.3 is 11.1 Å². The summed E-state index contributed by atoms with van der Waals surface area (Å²) in [7, 11) is 0. The number of nitrogens with two attached hydrogens (primary N) is 1. The van der Waals surface area contributed by atoms with Crippen molar-refractivity contribution in [2.45, 2.75) is 6.92 Å². The summed E-state index contributed by atoms with van der Waals surface area (Å²) in [6.45, 7) is 3.38. The molecule has 0 aliphatic rings. The number of aromatic nitrogens is 2. The van der Waals surface area contributed by atoms with E-state index in [0.29, 0.717) is 6.54 Å². The molecule has 0 unspecified atom stereocenters. The van der Waals surface area contributed by atoms with Crippen LogP contribution in [0, 0.1) is 6.92 Å². The Labute approximate surface area is 98.2 Å². The molecule has 2 aromatic heterocycles. The summed E-state index contributed by atoms with van der Waals surface area (Å²) in [6, 6.07) is 2.11. The fourth-order valence-corrected chi connectivity index (χ4v) is 2.30. The highest BCUT2D eigenvalue weighted by molar-refractivity contribution is 7.18. The van der Waals surface area contributed by atoms with Crippen LogP contribution in [-0.2, 0) is 0 Å². The molecule has 0 amide bonds. The highest BCUT2D eigenvalue weighted by atomic mass is 32.1. The number of nitrogens with zero attached hydrogens (tertiary/aromatic N) is 2. The molecular weight excluding hydrogens is 220 g/mol. The Balaban J connectivity index is 2.20. The molecular formula is C11H14N4S. The van der Waals surface area contributed by atoms with E-state index in [0.717, 1.165) is 22.6 Å². The third kappa shape index (κ3) is 2.37. The van der Waals surface area contributed by atoms with Crippen LogP contribution in [0.5, 0.6) is 0 Å². The van der Waals surface area contributed by atoms with Crippen molar-refractivity contribution < 1.29 is 0 Å². The Hall–Kier alpha value is -1.46. The van der Waals surface area contributed by atoms with Gasteiger partial charge in [-0.1, -0.05) is 12.2 Å². The molecule has 4 nitrogen and oxygen atoms in total. The Morgan fingerprint density at radius 1 is 1.44 bits per heavy atom. The highest BCUT2D eigenvalue weighted by Gasteiger charge is 2.05. The zero-order valence-corrected chi connectivity index (χ0v) is 9.92. The molecule has 0 aliphatic heterocycles. The summed E-state index contributed by atoms with van der Waals surface area (Å²) >= 11 is 1.68. The van der Waals surface area contributed by atoms with E-state index in [1.54, 1.807) is 17.7 Å². The van der Waals surface area contributed by atoms with Gasteiger partial charge in [0, 0.05) is 18.0 Å². The molecule has 0 atom stereocenters. The number of hydrogen-bond donors (Lipinski definition) is 2. The quantitative estimate of drug-likeness (QED) is 0.793. The second-order valence-corrected chi connectivity index (χ2v) is 4.62. The van der Waals surface area contributed by atoms with Gasteiger partial charge in [0.1, 0.15) is 17.0 Å². The van der Waals surface area contributed by atoms with Crippen molar-refractivity contribution in [1.82, 2.24) is 9.97 Å². The number of thiophene rings is 1. The van der Waals surface area contributed by atoms with Crippen LogP contribution >= 0.6 is 11.3 Å². The second-order valence-electron chi connectivity index (χ2n) is 3.39. The van der Waals surface area contributed by atoms with Gasteiger partial charge in [0.15, 0.2) is 0 Å². The molecule has 0 spiro atoms. The summed E-state index contributed by atoms with van der Waals surface area (Å²) in [5.41, 5.74) is 5.36. The van der Waals surface area contributed by atoms with Crippen LogP contribution in [0.2, 0.25) is 0 Å². The lowest BCUT2D eigenvalue weighted by atomic mass is 10.3. The zero-order valence-electron chi connectivity index (χ0n) is 9.10. The van der Waals surface area contributed by atoms with Crippen LogP contribution < -0.4 is 11.1 Å². The lowest BCUT2D eigenvalue weighted by Gasteiger charge is -2.02. The lowest BCUT2D eigenvalue weighted by Crippen LogP contribution is -2.02. The zero-order chi connectivity index (χ0) is 11.4. The Morgan fingerprint density at radius 3 is 3.12 bits per heavy atom. The minimum absolute atomic E-state index is 0.568. The number of anilines is 1. The van der Waals surface area contributed by atoms with Crippen molar-refractivity contribution in [1.29, 1.82) is 0 Å². The number of aryl methyl sites for hydroxylation is 1. The fraction of sp³-hybridized carbons (Fsp3) is 0.273. The first-order chi connectivity index (χ1) is 7.81. The van der Waals surface area contributed by atoms with Crippen LogP contribution in [0.3, 0.4) is 0 Å². The summed E-state index contributed by atoms with van der Waals surface area (Å²) < 4.78 is 0.